The van der Waals surface area contributed by atoms with Gasteiger partial charge in [0.1, 0.15) is 18.7 Å². The number of hydrogen-bond acceptors (Lipinski definition) is 4. The lowest BCUT2D eigenvalue weighted by Crippen LogP contribution is -2.53. The maximum absolute atomic E-state index is 12.3. The summed E-state index contributed by atoms with van der Waals surface area (Å²) in [7, 11) is 0. The molecule has 7 heteroatoms. The van der Waals surface area contributed by atoms with Gasteiger partial charge in [-0.3, -0.25) is 4.79 Å². The molecule has 0 unspecified atom stereocenters. The van der Waals surface area contributed by atoms with E-state index >= 15 is 0 Å². The van der Waals surface area contributed by atoms with Gasteiger partial charge >= 0.3 is 12.1 Å². The third kappa shape index (κ3) is 6.96. The van der Waals surface area contributed by atoms with Crippen LogP contribution in [0.2, 0.25) is 0 Å². The minimum absolute atomic E-state index is 0.0634. The minimum atomic E-state index is -1.24. The molecule has 134 valence electrons. The molecule has 3 N–H and O–H groups in total. The molecule has 25 heavy (non-hydrogen) atoms. The zero-order valence-corrected chi connectivity index (χ0v) is 14.2. The molecule has 7 nitrogen and oxygen atoms in total. The number of nitrogens with one attached hydrogen (secondary N) is 2. The van der Waals surface area contributed by atoms with Crippen molar-refractivity contribution < 1.29 is 24.2 Å². The van der Waals surface area contributed by atoms with E-state index < -0.39 is 30.1 Å². The highest BCUT2D eigenvalue weighted by atomic mass is 16.5. The molecule has 2 amide bonds. The Kier molecular flexibility index (Phi) is 8.00. The van der Waals surface area contributed by atoms with E-state index in [0.717, 1.165) is 5.56 Å². The van der Waals surface area contributed by atoms with Crippen molar-refractivity contribution in [3.63, 3.8) is 0 Å². The first-order chi connectivity index (χ1) is 11.8. The Labute approximate surface area is 146 Å². The summed E-state index contributed by atoms with van der Waals surface area (Å²) in [5.41, 5.74) is 0.808. The molecule has 0 aromatic heterocycles. The first kappa shape index (κ1) is 20.0. The van der Waals surface area contributed by atoms with Crippen LogP contribution in [0.25, 0.3) is 0 Å². The highest BCUT2D eigenvalue weighted by molar-refractivity contribution is 5.89. The fourth-order valence-electron chi connectivity index (χ4n) is 2.01. The number of hydrogen-bond donors (Lipinski definition) is 3. The zero-order valence-electron chi connectivity index (χ0n) is 14.2. The van der Waals surface area contributed by atoms with E-state index in [0.29, 0.717) is 0 Å². The number of ether oxygens (including phenoxy) is 1. The fourth-order valence-corrected chi connectivity index (χ4v) is 2.01. The van der Waals surface area contributed by atoms with Gasteiger partial charge in [-0.1, -0.05) is 44.2 Å². The van der Waals surface area contributed by atoms with Gasteiger partial charge in [0.25, 0.3) is 0 Å². The number of carbonyl (C=O) groups excluding carboxylic acids is 2. The molecule has 0 spiro atoms. The number of rotatable bonds is 8. The van der Waals surface area contributed by atoms with Crippen molar-refractivity contribution >= 4 is 18.0 Å². The molecule has 1 aromatic carbocycles. The minimum Gasteiger partial charge on any atom is -0.480 e. The number of aliphatic carboxylic acids is 1. The summed E-state index contributed by atoms with van der Waals surface area (Å²) in [4.78, 5) is 35.3. The van der Waals surface area contributed by atoms with Crippen molar-refractivity contribution in [2.24, 2.45) is 5.92 Å². The summed E-state index contributed by atoms with van der Waals surface area (Å²) in [5, 5.41) is 13.8. The summed E-state index contributed by atoms with van der Waals surface area (Å²) in [6.07, 6.45) is 4.19. The fraction of sp³-hybridized carbons (Fsp3) is 0.389. The predicted molar refractivity (Wildman–Crippen MR) is 91.4 cm³/mol. The SMILES string of the molecule is C#CC[C@@H](NC(=O)[C@H](NC(=O)OCc1ccccc1)C(C)C)C(=O)O. The second-order valence-corrected chi connectivity index (χ2v) is 5.74. The van der Waals surface area contributed by atoms with Crippen molar-refractivity contribution in [1.29, 1.82) is 0 Å². The van der Waals surface area contributed by atoms with Crippen LogP contribution >= 0.6 is 0 Å². The van der Waals surface area contributed by atoms with Crippen LogP contribution in [0, 0.1) is 18.3 Å². The first-order valence-electron chi connectivity index (χ1n) is 7.79. The molecule has 1 rings (SSSR count). The van der Waals surface area contributed by atoms with Crippen LogP contribution in [0.3, 0.4) is 0 Å². The number of carboxylic acid groups (broad SMARTS) is 1. The van der Waals surface area contributed by atoms with E-state index in [9.17, 15) is 14.4 Å². The van der Waals surface area contributed by atoms with Gasteiger partial charge in [-0.05, 0) is 11.5 Å². The molecule has 0 heterocycles. The van der Waals surface area contributed by atoms with Crippen LogP contribution < -0.4 is 10.6 Å². The van der Waals surface area contributed by atoms with E-state index in [1.165, 1.54) is 0 Å². The smallest absolute Gasteiger partial charge is 0.408 e. The Morgan fingerprint density at radius 2 is 1.84 bits per heavy atom. The summed E-state index contributed by atoms with van der Waals surface area (Å²) in [5.74, 6) is 0.0548. The maximum Gasteiger partial charge on any atom is 0.408 e. The molecule has 1 aromatic rings. The van der Waals surface area contributed by atoms with Crippen molar-refractivity contribution in [1.82, 2.24) is 10.6 Å². The van der Waals surface area contributed by atoms with Gasteiger partial charge in [-0.25, -0.2) is 9.59 Å². The molecule has 0 aliphatic rings. The standard InChI is InChI=1S/C18H22N2O5/c1-4-8-14(17(22)23)19-16(21)15(12(2)3)20-18(24)25-11-13-9-6-5-7-10-13/h1,5-7,9-10,12,14-15H,8,11H2,2-3H3,(H,19,21)(H,20,24)(H,22,23)/t14-,15-/m1/s1. The molecule has 0 bridgehead atoms. The highest BCUT2D eigenvalue weighted by Gasteiger charge is 2.28. The van der Waals surface area contributed by atoms with E-state index in [2.05, 4.69) is 16.6 Å². The lowest BCUT2D eigenvalue weighted by atomic mass is 10.0. The van der Waals surface area contributed by atoms with Gasteiger partial charge in [0.05, 0.1) is 0 Å². The number of amides is 2. The largest absolute Gasteiger partial charge is 0.480 e. The molecule has 0 saturated carbocycles. The average molecular weight is 346 g/mol. The third-order valence-corrected chi connectivity index (χ3v) is 3.37. The molecular weight excluding hydrogens is 324 g/mol. The summed E-state index contributed by atoms with van der Waals surface area (Å²) in [6.45, 7) is 3.51. The predicted octanol–water partition coefficient (Wildman–Crippen LogP) is 1.53. The Morgan fingerprint density at radius 1 is 1.20 bits per heavy atom. The van der Waals surface area contributed by atoms with Gasteiger partial charge in [0, 0.05) is 6.42 Å². The van der Waals surface area contributed by atoms with Crippen molar-refractivity contribution in [3.05, 3.63) is 35.9 Å². The van der Waals surface area contributed by atoms with Gasteiger partial charge < -0.3 is 20.5 Å². The van der Waals surface area contributed by atoms with E-state index in [-0.39, 0.29) is 18.9 Å². The molecule has 0 aliphatic carbocycles. The zero-order chi connectivity index (χ0) is 18.8. The normalized spacial score (nSPS) is 12.6. The van der Waals surface area contributed by atoms with E-state index in [4.69, 9.17) is 16.3 Å². The monoisotopic (exact) mass is 346 g/mol. The topological polar surface area (TPSA) is 105 Å². The lowest BCUT2D eigenvalue weighted by Gasteiger charge is -2.23. The van der Waals surface area contributed by atoms with Crippen molar-refractivity contribution in [2.75, 3.05) is 0 Å². The van der Waals surface area contributed by atoms with Crippen molar-refractivity contribution in [3.8, 4) is 12.3 Å². The number of terminal acetylenes is 1. The molecule has 0 radical (unpaired) electrons. The van der Waals surface area contributed by atoms with Crippen LogP contribution in [0.1, 0.15) is 25.8 Å². The third-order valence-electron chi connectivity index (χ3n) is 3.37. The Morgan fingerprint density at radius 3 is 2.36 bits per heavy atom. The van der Waals surface area contributed by atoms with Crippen LogP contribution in [0.5, 0.6) is 0 Å². The summed E-state index contributed by atoms with van der Waals surface area (Å²) in [6, 6.07) is 6.94. The van der Waals surface area contributed by atoms with Gasteiger partial charge in [0.15, 0.2) is 0 Å². The Bertz CT molecular complexity index is 637. The Balaban J connectivity index is 2.63. The van der Waals surface area contributed by atoms with Gasteiger partial charge in [-0.15, -0.1) is 12.3 Å². The number of alkyl carbamates (subject to hydrolysis) is 1. The second-order valence-electron chi connectivity index (χ2n) is 5.74. The highest BCUT2D eigenvalue weighted by Crippen LogP contribution is 2.05. The summed E-state index contributed by atoms with van der Waals surface area (Å²) < 4.78 is 5.08. The van der Waals surface area contributed by atoms with Crippen molar-refractivity contribution in [2.45, 2.75) is 39.0 Å². The second kappa shape index (κ2) is 9.98. The summed E-state index contributed by atoms with van der Waals surface area (Å²) >= 11 is 0. The van der Waals surface area contributed by atoms with E-state index in [1.54, 1.807) is 26.0 Å². The van der Waals surface area contributed by atoms with Crippen LogP contribution in [-0.2, 0) is 20.9 Å². The number of benzene rings is 1. The molecule has 2 atom stereocenters. The number of carbonyl (C=O) groups is 3. The van der Waals surface area contributed by atoms with E-state index in [1.807, 2.05) is 18.2 Å². The van der Waals surface area contributed by atoms with Gasteiger partial charge in [-0.2, -0.15) is 0 Å². The van der Waals surface area contributed by atoms with Crippen LogP contribution in [0.15, 0.2) is 30.3 Å². The van der Waals surface area contributed by atoms with Gasteiger partial charge in [0.2, 0.25) is 5.91 Å². The number of carboxylic acids is 1. The van der Waals surface area contributed by atoms with Crippen LogP contribution in [-0.4, -0.2) is 35.2 Å². The molecule has 0 aliphatic heterocycles. The quantitative estimate of drug-likeness (QED) is 0.619. The average Bonchev–Trinajstić information content (AvgIpc) is 2.57. The Hall–Kier alpha value is -3.01. The maximum atomic E-state index is 12.3. The lowest BCUT2D eigenvalue weighted by molar-refractivity contribution is -0.142. The first-order valence-corrected chi connectivity index (χ1v) is 7.79. The molecule has 0 fully saturated rings. The molecular formula is C18H22N2O5. The van der Waals surface area contributed by atoms with Crippen LogP contribution in [0.4, 0.5) is 4.79 Å². The molecule has 0 saturated heterocycles.